The van der Waals surface area contributed by atoms with Gasteiger partial charge in [-0.1, -0.05) is 0 Å². The van der Waals surface area contributed by atoms with E-state index in [0.717, 1.165) is 0 Å². The summed E-state index contributed by atoms with van der Waals surface area (Å²) in [5, 5.41) is 7.31. The van der Waals surface area contributed by atoms with Crippen LogP contribution in [0, 0.1) is 6.92 Å². The Bertz CT molecular complexity index is 111. The molecule has 0 spiro atoms. The predicted molar refractivity (Wildman–Crippen MR) is 27.3 cm³/mol. The standard InChI is InChI=1S/C2H3O2.H3O4P/c1-2(3)4;1-5(2,3)4/h1H2,(H,3,4);(H3,1,2,3,4). The van der Waals surface area contributed by atoms with Crippen LogP contribution in [-0.2, 0) is 9.36 Å². The van der Waals surface area contributed by atoms with E-state index in [9.17, 15) is 0 Å². The molecule has 0 saturated carbocycles. The summed E-state index contributed by atoms with van der Waals surface area (Å²) in [6.07, 6.45) is 0. The summed E-state index contributed by atoms with van der Waals surface area (Å²) < 4.78 is 8.88. The topological polar surface area (TPSA) is 115 Å². The van der Waals surface area contributed by atoms with Gasteiger partial charge in [-0.3, -0.25) is 4.79 Å². The highest BCUT2D eigenvalue weighted by Crippen LogP contribution is 2.25. The van der Waals surface area contributed by atoms with Gasteiger partial charge in [-0.25, -0.2) is 4.57 Å². The Morgan fingerprint density at radius 1 is 1.33 bits per heavy atom. The molecule has 0 aliphatic carbocycles. The van der Waals surface area contributed by atoms with Crippen LogP contribution in [0.1, 0.15) is 0 Å². The lowest BCUT2D eigenvalue weighted by Gasteiger charge is -1.82. The van der Waals surface area contributed by atoms with Crippen LogP contribution < -0.4 is 0 Å². The van der Waals surface area contributed by atoms with Gasteiger partial charge < -0.3 is 19.8 Å². The van der Waals surface area contributed by atoms with Gasteiger partial charge in [0.25, 0.3) is 0 Å². The van der Waals surface area contributed by atoms with E-state index >= 15 is 0 Å². The van der Waals surface area contributed by atoms with Crippen molar-refractivity contribution in [3.8, 4) is 0 Å². The molecule has 0 rings (SSSR count). The first-order valence-electron chi connectivity index (χ1n) is 1.56. The van der Waals surface area contributed by atoms with Crippen molar-refractivity contribution in [1.29, 1.82) is 0 Å². The van der Waals surface area contributed by atoms with Crippen LogP contribution in [-0.4, -0.2) is 25.8 Å². The van der Waals surface area contributed by atoms with Gasteiger partial charge in [0.15, 0.2) is 0 Å². The molecular weight excluding hydrogens is 151 g/mol. The van der Waals surface area contributed by atoms with Gasteiger partial charge in [-0.2, -0.15) is 0 Å². The summed E-state index contributed by atoms with van der Waals surface area (Å²) in [6, 6.07) is 0. The normalized spacial score (nSPS) is 9.33. The minimum Gasteiger partial charge on any atom is -0.481 e. The highest BCUT2D eigenvalue weighted by Gasteiger charge is 2.00. The maximum absolute atomic E-state index is 8.89. The molecule has 4 N–H and O–H groups in total. The zero-order valence-electron chi connectivity index (χ0n) is 4.26. The Hall–Kier alpha value is -0.420. The van der Waals surface area contributed by atoms with Gasteiger partial charge in [0.05, 0.1) is 6.92 Å². The number of carboxylic acids is 1. The maximum Gasteiger partial charge on any atom is 0.466 e. The molecule has 55 valence electrons. The van der Waals surface area contributed by atoms with E-state index < -0.39 is 13.8 Å². The average molecular weight is 157 g/mol. The van der Waals surface area contributed by atoms with Crippen molar-refractivity contribution in [2.75, 3.05) is 0 Å². The number of rotatable bonds is 0. The summed E-state index contributed by atoms with van der Waals surface area (Å²) in [5.74, 6) is -1.08. The summed E-state index contributed by atoms with van der Waals surface area (Å²) >= 11 is 0. The van der Waals surface area contributed by atoms with Crippen LogP contribution >= 0.6 is 7.82 Å². The van der Waals surface area contributed by atoms with E-state index in [1.807, 2.05) is 0 Å². The number of carboxylic acid groups (broad SMARTS) is 1. The first kappa shape index (κ1) is 11.4. The number of aliphatic carboxylic acids is 1. The molecule has 0 heterocycles. The van der Waals surface area contributed by atoms with E-state index in [4.69, 9.17) is 29.1 Å². The first-order chi connectivity index (χ1) is 3.73. The van der Waals surface area contributed by atoms with E-state index in [2.05, 4.69) is 6.92 Å². The molecule has 0 unspecified atom stereocenters. The Balaban J connectivity index is 0. The van der Waals surface area contributed by atoms with Crippen molar-refractivity contribution in [3.63, 3.8) is 0 Å². The SMILES string of the molecule is O=P(O)(O)O.[CH2]C(=O)O. The molecule has 0 fully saturated rings. The molecule has 0 aromatic rings. The lowest BCUT2D eigenvalue weighted by Crippen LogP contribution is -1.79. The summed E-state index contributed by atoms with van der Waals surface area (Å²) in [7, 11) is -4.64. The Labute approximate surface area is 51.0 Å². The number of carbonyl (C=O) groups is 1. The van der Waals surface area contributed by atoms with Gasteiger partial charge in [0.2, 0.25) is 0 Å². The second-order valence-corrected chi connectivity index (χ2v) is 1.93. The molecule has 0 saturated heterocycles. The molecule has 7 heteroatoms. The molecular formula is C2H6O6P. The number of hydrogen-bond acceptors (Lipinski definition) is 2. The Morgan fingerprint density at radius 3 is 1.33 bits per heavy atom. The van der Waals surface area contributed by atoms with Crippen molar-refractivity contribution in [2.45, 2.75) is 0 Å². The highest BCUT2D eigenvalue weighted by atomic mass is 31.2. The van der Waals surface area contributed by atoms with E-state index in [1.165, 1.54) is 0 Å². The largest absolute Gasteiger partial charge is 0.481 e. The first-order valence-corrected chi connectivity index (χ1v) is 3.13. The van der Waals surface area contributed by atoms with Gasteiger partial charge in [0.1, 0.15) is 0 Å². The maximum atomic E-state index is 8.89. The quantitative estimate of drug-likeness (QED) is 0.334. The summed E-state index contributed by atoms with van der Waals surface area (Å²) in [6.45, 7) is 2.56. The van der Waals surface area contributed by atoms with Crippen LogP contribution in [0.2, 0.25) is 0 Å². The van der Waals surface area contributed by atoms with Gasteiger partial charge in [-0.15, -0.1) is 0 Å². The third-order valence-corrected chi connectivity index (χ3v) is 0. The minimum absolute atomic E-state index is 1.08. The van der Waals surface area contributed by atoms with Crippen molar-refractivity contribution in [1.82, 2.24) is 0 Å². The van der Waals surface area contributed by atoms with Crippen molar-refractivity contribution < 1.29 is 29.1 Å². The molecule has 0 amide bonds. The second-order valence-electron chi connectivity index (χ2n) is 0.907. The average Bonchev–Trinajstić information content (AvgIpc) is 1.19. The molecule has 6 nitrogen and oxygen atoms in total. The van der Waals surface area contributed by atoms with Gasteiger partial charge >= 0.3 is 13.8 Å². The molecule has 0 aliphatic heterocycles. The highest BCUT2D eigenvalue weighted by molar-refractivity contribution is 7.45. The van der Waals surface area contributed by atoms with E-state index in [-0.39, 0.29) is 0 Å². The lowest BCUT2D eigenvalue weighted by atomic mass is 10.9. The van der Waals surface area contributed by atoms with Crippen LogP contribution in [0.5, 0.6) is 0 Å². The number of hydrogen-bond donors (Lipinski definition) is 4. The van der Waals surface area contributed by atoms with Gasteiger partial charge in [0, 0.05) is 0 Å². The molecule has 0 bridgehead atoms. The molecule has 0 aromatic heterocycles. The fourth-order valence-electron chi connectivity index (χ4n) is 0. The third-order valence-electron chi connectivity index (χ3n) is 0. The van der Waals surface area contributed by atoms with Crippen molar-refractivity contribution >= 4 is 13.8 Å². The molecule has 1 radical (unpaired) electrons. The van der Waals surface area contributed by atoms with Crippen LogP contribution in [0.3, 0.4) is 0 Å². The van der Waals surface area contributed by atoms with Crippen molar-refractivity contribution in [3.05, 3.63) is 6.92 Å². The van der Waals surface area contributed by atoms with E-state index in [0.29, 0.717) is 0 Å². The molecule has 0 atom stereocenters. The zero-order chi connectivity index (χ0) is 8.08. The van der Waals surface area contributed by atoms with Crippen molar-refractivity contribution in [2.24, 2.45) is 0 Å². The zero-order valence-corrected chi connectivity index (χ0v) is 5.15. The summed E-state index contributed by atoms with van der Waals surface area (Å²) in [5.41, 5.74) is 0. The second kappa shape index (κ2) is 4.46. The fourth-order valence-corrected chi connectivity index (χ4v) is 0. The Morgan fingerprint density at radius 2 is 1.33 bits per heavy atom. The van der Waals surface area contributed by atoms with Crippen LogP contribution in [0.15, 0.2) is 0 Å². The monoisotopic (exact) mass is 157 g/mol. The lowest BCUT2D eigenvalue weighted by molar-refractivity contribution is -0.131. The summed E-state index contributed by atoms with van der Waals surface area (Å²) in [4.78, 5) is 30.5. The van der Waals surface area contributed by atoms with Gasteiger partial charge in [-0.05, 0) is 0 Å². The predicted octanol–water partition coefficient (Wildman–Crippen LogP) is -1.02. The smallest absolute Gasteiger partial charge is 0.466 e. The number of phosphoric acid groups is 1. The minimum atomic E-state index is -4.64. The molecule has 9 heavy (non-hydrogen) atoms. The molecule has 0 aromatic carbocycles. The molecule has 0 aliphatic rings. The fraction of sp³-hybridized carbons (Fsp3) is 0. The van der Waals surface area contributed by atoms with Crippen LogP contribution in [0.4, 0.5) is 0 Å². The Kier molecular flexibility index (Phi) is 5.64. The third kappa shape index (κ3) is 1340. The van der Waals surface area contributed by atoms with E-state index in [1.54, 1.807) is 0 Å². The van der Waals surface area contributed by atoms with Crippen LogP contribution in [0.25, 0.3) is 0 Å².